The van der Waals surface area contributed by atoms with Crippen LogP contribution in [-0.4, -0.2) is 40.3 Å². The molecule has 0 aliphatic heterocycles. The first kappa shape index (κ1) is 16.8. The molecule has 5 aromatic rings. The lowest BCUT2D eigenvalue weighted by Crippen LogP contribution is -2.38. The molecule has 2 aromatic carbocycles. The smallest absolute Gasteiger partial charge is 0.261 e. The van der Waals surface area contributed by atoms with Crippen molar-refractivity contribution < 1.29 is 12.9 Å². The topological polar surface area (TPSA) is 80.8 Å². The van der Waals surface area contributed by atoms with E-state index in [0.29, 0.717) is 16.6 Å². The summed E-state index contributed by atoms with van der Waals surface area (Å²) >= 11 is 0. The summed E-state index contributed by atoms with van der Waals surface area (Å²) in [4.78, 5) is 13.3. The Kier molecular flexibility index (Phi) is 3.37. The van der Waals surface area contributed by atoms with Gasteiger partial charge in [-0.3, -0.25) is 4.79 Å². The number of aromatic nitrogens is 4. The van der Waals surface area contributed by atoms with Gasteiger partial charge in [-0.25, -0.2) is 4.40 Å². The van der Waals surface area contributed by atoms with Crippen LogP contribution in [0.2, 0.25) is 0 Å². The number of fused-ring (bicyclic) bond motifs is 6. The van der Waals surface area contributed by atoms with E-state index >= 15 is 0 Å². The molecule has 9 heteroatoms. The fraction of sp³-hybridized carbons (Fsp3) is 0.105. The number of imidazole rings is 1. The second-order valence-corrected chi connectivity index (χ2v) is 8.66. The van der Waals surface area contributed by atoms with Gasteiger partial charge in [-0.05, 0) is 28.8 Å². The van der Waals surface area contributed by atoms with Gasteiger partial charge in [0.15, 0.2) is 0 Å². The molecule has 0 saturated carbocycles. The van der Waals surface area contributed by atoms with Gasteiger partial charge >= 0.3 is 21.3 Å². The zero-order valence-corrected chi connectivity index (χ0v) is 16.0. The first-order valence-corrected chi connectivity index (χ1v) is 10.00. The Morgan fingerprint density at radius 1 is 0.893 bits per heavy atom. The molecule has 3 heterocycles. The molecule has 8 nitrogen and oxygen atoms in total. The molecule has 28 heavy (non-hydrogen) atoms. The SMILES string of the molecule is CN(C)S(=O)(=O)n1c2ccccc2n2c(=O)c3ccc4ccccc4[n+]3nc12. The van der Waals surface area contributed by atoms with Crippen LogP contribution in [0.25, 0.3) is 33.2 Å². The Hall–Kier alpha value is -3.30. The van der Waals surface area contributed by atoms with Gasteiger partial charge in [0.25, 0.3) is 5.78 Å². The highest BCUT2D eigenvalue weighted by Gasteiger charge is 2.29. The first-order chi connectivity index (χ1) is 13.4. The third kappa shape index (κ3) is 2.08. The highest BCUT2D eigenvalue weighted by atomic mass is 32.2. The van der Waals surface area contributed by atoms with Crippen LogP contribution in [0.1, 0.15) is 0 Å². The van der Waals surface area contributed by atoms with Gasteiger partial charge in [0.1, 0.15) is 0 Å². The van der Waals surface area contributed by atoms with Crippen LogP contribution in [0, 0.1) is 0 Å². The molecule has 0 atom stereocenters. The summed E-state index contributed by atoms with van der Waals surface area (Å²) in [5.41, 5.74) is 1.62. The predicted octanol–water partition coefficient (Wildman–Crippen LogP) is 1.20. The van der Waals surface area contributed by atoms with Gasteiger partial charge in [-0.1, -0.05) is 24.3 Å². The van der Waals surface area contributed by atoms with Crippen molar-refractivity contribution in [3.8, 4) is 0 Å². The Bertz CT molecular complexity index is 1580. The molecule has 3 aromatic heterocycles. The van der Waals surface area contributed by atoms with E-state index in [0.717, 1.165) is 19.2 Å². The summed E-state index contributed by atoms with van der Waals surface area (Å²) in [5.74, 6) is 0.0359. The molecule has 5 rings (SSSR count). The maximum absolute atomic E-state index is 13.3. The van der Waals surface area contributed by atoms with E-state index < -0.39 is 10.2 Å². The molecule has 0 radical (unpaired) electrons. The van der Waals surface area contributed by atoms with Crippen LogP contribution in [0.3, 0.4) is 0 Å². The lowest BCUT2D eigenvalue weighted by atomic mass is 10.2. The number of benzene rings is 2. The van der Waals surface area contributed by atoms with E-state index in [4.69, 9.17) is 0 Å². The zero-order chi connectivity index (χ0) is 19.6. The first-order valence-electron chi connectivity index (χ1n) is 8.60. The van der Waals surface area contributed by atoms with Crippen LogP contribution in [0.15, 0.2) is 65.5 Å². The minimum absolute atomic E-state index is 0.0359. The highest BCUT2D eigenvalue weighted by molar-refractivity contribution is 7.87. The Balaban J connectivity index is 2.13. The van der Waals surface area contributed by atoms with E-state index in [9.17, 15) is 13.2 Å². The third-order valence-corrected chi connectivity index (χ3v) is 6.59. The van der Waals surface area contributed by atoms with Crippen molar-refractivity contribution in [1.82, 2.24) is 17.8 Å². The highest BCUT2D eigenvalue weighted by Crippen LogP contribution is 2.21. The fourth-order valence-electron chi connectivity index (χ4n) is 3.47. The molecule has 140 valence electrons. The lowest BCUT2D eigenvalue weighted by molar-refractivity contribution is -0.551. The van der Waals surface area contributed by atoms with E-state index in [1.807, 2.05) is 30.3 Å². The second kappa shape index (κ2) is 5.60. The van der Waals surface area contributed by atoms with E-state index in [-0.39, 0.29) is 11.3 Å². The summed E-state index contributed by atoms with van der Waals surface area (Å²) < 4.78 is 31.2. The monoisotopic (exact) mass is 394 g/mol. The largest absolute Gasteiger partial charge is 0.333 e. The average Bonchev–Trinajstić information content (AvgIpc) is 3.03. The second-order valence-electron chi connectivity index (χ2n) is 6.67. The molecular weight excluding hydrogens is 378 g/mol. The number of pyridine rings is 1. The molecule has 0 fully saturated rings. The molecule has 0 N–H and O–H groups in total. The summed E-state index contributed by atoms with van der Waals surface area (Å²) in [6.45, 7) is 0. The van der Waals surface area contributed by atoms with Crippen molar-refractivity contribution in [3.05, 3.63) is 71.0 Å². The maximum Gasteiger partial charge on any atom is 0.333 e. The lowest BCUT2D eigenvalue weighted by Gasteiger charge is -2.12. The van der Waals surface area contributed by atoms with Gasteiger partial charge < -0.3 is 0 Å². The summed E-state index contributed by atoms with van der Waals surface area (Å²) in [6.07, 6.45) is 0. The molecule has 0 unspecified atom stereocenters. The van der Waals surface area contributed by atoms with Crippen LogP contribution in [0.5, 0.6) is 0 Å². The van der Waals surface area contributed by atoms with Crippen molar-refractivity contribution in [2.45, 2.75) is 0 Å². The number of rotatable bonds is 2. The molecule has 0 bridgehead atoms. The van der Waals surface area contributed by atoms with Gasteiger partial charge in [-0.2, -0.15) is 16.7 Å². The van der Waals surface area contributed by atoms with Crippen molar-refractivity contribution in [2.75, 3.05) is 14.1 Å². The van der Waals surface area contributed by atoms with Crippen LogP contribution in [0.4, 0.5) is 0 Å². The molecule has 0 aliphatic rings. The summed E-state index contributed by atoms with van der Waals surface area (Å²) in [6, 6.07) is 17.9. The Labute approximate surface area is 159 Å². The van der Waals surface area contributed by atoms with Crippen LogP contribution < -0.4 is 10.1 Å². The van der Waals surface area contributed by atoms with E-state index in [1.165, 1.54) is 23.0 Å². The average molecular weight is 394 g/mol. The van der Waals surface area contributed by atoms with Crippen molar-refractivity contribution in [3.63, 3.8) is 0 Å². The third-order valence-electron chi connectivity index (χ3n) is 4.84. The van der Waals surface area contributed by atoms with Crippen molar-refractivity contribution >= 4 is 43.4 Å². The molecule has 0 amide bonds. The fourth-order valence-corrected chi connectivity index (χ4v) is 4.53. The molecule has 0 spiro atoms. The zero-order valence-electron chi connectivity index (χ0n) is 15.1. The number of nitrogens with zero attached hydrogens (tertiary/aromatic N) is 5. The van der Waals surface area contributed by atoms with Crippen LogP contribution in [-0.2, 0) is 10.2 Å². The van der Waals surface area contributed by atoms with Gasteiger partial charge in [0.2, 0.25) is 5.52 Å². The predicted molar refractivity (Wildman–Crippen MR) is 106 cm³/mol. The van der Waals surface area contributed by atoms with E-state index in [1.54, 1.807) is 30.3 Å². The summed E-state index contributed by atoms with van der Waals surface area (Å²) in [7, 11) is -1.02. The molecule has 0 saturated heterocycles. The number of para-hydroxylation sites is 3. The molecular formula is C19H16N5O3S+. The molecule has 0 aliphatic carbocycles. The van der Waals surface area contributed by atoms with E-state index in [2.05, 4.69) is 5.10 Å². The Morgan fingerprint density at radius 3 is 2.32 bits per heavy atom. The van der Waals surface area contributed by atoms with Crippen molar-refractivity contribution in [1.29, 1.82) is 0 Å². The number of hydrogen-bond donors (Lipinski definition) is 0. The summed E-state index contributed by atoms with van der Waals surface area (Å²) in [5, 5.41) is 5.49. The maximum atomic E-state index is 13.3. The minimum atomic E-state index is -3.91. The quantitative estimate of drug-likeness (QED) is 0.333. The van der Waals surface area contributed by atoms with Gasteiger partial charge in [0, 0.05) is 36.7 Å². The Morgan fingerprint density at radius 2 is 1.57 bits per heavy atom. The minimum Gasteiger partial charge on any atom is -0.261 e. The normalized spacial score (nSPS) is 12.7. The van der Waals surface area contributed by atoms with Crippen molar-refractivity contribution in [2.24, 2.45) is 0 Å². The van der Waals surface area contributed by atoms with Crippen LogP contribution >= 0.6 is 0 Å². The van der Waals surface area contributed by atoms with Gasteiger partial charge in [-0.15, -0.1) is 0 Å². The standard InChI is InChI=1S/C19H16N5O3S/c1-21(2)28(26,27)24-16-10-6-5-9-15(16)22-18(25)17-12-11-13-7-3-4-8-14(13)23(17)20-19(22)24/h3-12H,1-2H3/q+1. The number of hydrogen-bond acceptors (Lipinski definition) is 4. The van der Waals surface area contributed by atoms with Gasteiger partial charge in [0.05, 0.1) is 11.0 Å².